The van der Waals surface area contributed by atoms with E-state index in [2.05, 4.69) is 16.4 Å². The van der Waals surface area contributed by atoms with Crippen LogP contribution in [0.4, 0.5) is 30.7 Å². The molecule has 2 nitrogen and oxygen atoms in total. The van der Waals surface area contributed by atoms with Crippen molar-refractivity contribution in [3.63, 3.8) is 0 Å². The van der Waals surface area contributed by atoms with E-state index in [0.29, 0.717) is 11.5 Å². The van der Waals surface area contributed by atoms with Crippen LogP contribution in [0, 0.1) is 17.6 Å². The first-order valence-electron chi connectivity index (χ1n) is 12.3. The molecule has 0 aliphatic heterocycles. The molecular weight excluding hydrogens is 489 g/mol. The number of halogens is 7. The molecule has 3 rings (SSSR count). The molecule has 1 fully saturated rings. The Morgan fingerprint density at radius 1 is 0.861 bits per heavy atom. The number of hydrogen-bond acceptors (Lipinski definition) is 2. The maximum Gasteiger partial charge on any atom is 0.573 e. The van der Waals surface area contributed by atoms with Crippen LogP contribution < -0.4 is 4.74 Å². The van der Waals surface area contributed by atoms with Gasteiger partial charge in [0.25, 0.3) is 0 Å². The minimum atomic E-state index is -5.05. The van der Waals surface area contributed by atoms with E-state index >= 15 is 0 Å². The van der Waals surface area contributed by atoms with Crippen LogP contribution in [-0.2, 0) is 17.3 Å². The fourth-order valence-electron chi connectivity index (χ4n) is 4.77. The molecule has 1 aliphatic rings. The van der Waals surface area contributed by atoms with Gasteiger partial charge >= 0.3 is 12.5 Å². The summed E-state index contributed by atoms with van der Waals surface area (Å²) in [4.78, 5) is 0. The molecule has 200 valence electrons. The van der Waals surface area contributed by atoms with Gasteiger partial charge in [-0.05, 0) is 79.3 Å². The topological polar surface area (TPSA) is 18.5 Å². The fourth-order valence-corrected chi connectivity index (χ4v) is 4.77. The van der Waals surface area contributed by atoms with Crippen molar-refractivity contribution in [1.82, 2.24) is 0 Å². The average Bonchev–Trinajstić information content (AvgIpc) is 2.80. The summed E-state index contributed by atoms with van der Waals surface area (Å²) in [6.45, 7) is 1.57. The maximum absolute atomic E-state index is 14.7. The normalized spacial score (nSPS) is 18.9. The second-order valence-corrected chi connectivity index (χ2v) is 9.38. The highest BCUT2D eigenvalue weighted by atomic mass is 19.4. The van der Waals surface area contributed by atoms with E-state index < -0.39 is 42.0 Å². The standard InChI is InChI=1S/C27H31F7O2/c1-2-3-4-5-18-6-9-20(10-7-18)21-11-12-22(23(28)17-21)26(30,31)35-15-14-19-8-13-25(24(29)16-19)36-27(32,33)34/h8,11-13,16-18,20H,2-7,9-10,14-15H2,1H3. The van der Waals surface area contributed by atoms with Crippen LogP contribution in [0.1, 0.15) is 80.9 Å². The third kappa shape index (κ3) is 8.11. The summed E-state index contributed by atoms with van der Waals surface area (Å²) >= 11 is 0. The van der Waals surface area contributed by atoms with E-state index in [9.17, 15) is 30.7 Å². The predicted octanol–water partition coefficient (Wildman–Crippen LogP) is 9.03. The highest BCUT2D eigenvalue weighted by molar-refractivity contribution is 5.30. The van der Waals surface area contributed by atoms with Gasteiger partial charge in [0, 0.05) is 0 Å². The number of benzene rings is 2. The van der Waals surface area contributed by atoms with Crippen molar-refractivity contribution in [3.8, 4) is 5.75 Å². The summed E-state index contributed by atoms with van der Waals surface area (Å²) in [6.07, 6.45) is -0.436. The summed E-state index contributed by atoms with van der Waals surface area (Å²) in [5.41, 5.74) is -0.0609. The zero-order valence-corrected chi connectivity index (χ0v) is 20.2. The lowest BCUT2D eigenvalue weighted by atomic mass is 9.77. The van der Waals surface area contributed by atoms with Gasteiger partial charge in [-0.3, -0.25) is 0 Å². The Morgan fingerprint density at radius 3 is 2.19 bits per heavy atom. The summed E-state index contributed by atoms with van der Waals surface area (Å²) in [6, 6.07) is 6.33. The highest BCUT2D eigenvalue weighted by Crippen LogP contribution is 2.40. The molecule has 2 aromatic carbocycles. The summed E-state index contributed by atoms with van der Waals surface area (Å²) in [5.74, 6) is -2.54. The van der Waals surface area contributed by atoms with Gasteiger partial charge in [-0.2, -0.15) is 8.78 Å². The van der Waals surface area contributed by atoms with Crippen molar-refractivity contribution in [2.75, 3.05) is 6.61 Å². The minimum Gasteiger partial charge on any atom is -0.403 e. The molecule has 0 atom stereocenters. The average molecular weight is 521 g/mol. The van der Waals surface area contributed by atoms with Gasteiger partial charge in [0.2, 0.25) is 0 Å². The molecule has 0 heterocycles. The molecule has 36 heavy (non-hydrogen) atoms. The molecular formula is C27H31F7O2. The number of ether oxygens (including phenoxy) is 2. The first-order chi connectivity index (χ1) is 17.0. The fraction of sp³-hybridized carbons (Fsp3) is 0.556. The predicted molar refractivity (Wildman–Crippen MR) is 122 cm³/mol. The molecule has 9 heteroatoms. The van der Waals surface area contributed by atoms with Crippen molar-refractivity contribution >= 4 is 0 Å². The Hall–Kier alpha value is -2.29. The molecule has 0 spiro atoms. The van der Waals surface area contributed by atoms with Gasteiger partial charge in [-0.15, -0.1) is 13.2 Å². The number of hydrogen-bond donors (Lipinski definition) is 0. The smallest absolute Gasteiger partial charge is 0.403 e. The molecule has 1 aliphatic carbocycles. The Balaban J connectivity index is 1.53. The van der Waals surface area contributed by atoms with Crippen molar-refractivity contribution in [3.05, 3.63) is 64.7 Å². The van der Waals surface area contributed by atoms with Crippen LogP contribution in [0.15, 0.2) is 36.4 Å². The van der Waals surface area contributed by atoms with Gasteiger partial charge in [0.15, 0.2) is 11.6 Å². The largest absolute Gasteiger partial charge is 0.573 e. The van der Waals surface area contributed by atoms with Crippen molar-refractivity contribution in [1.29, 1.82) is 0 Å². The molecule has 0 saturated heterocycles. The van der Waals surface area contributed by atoms with Gasteiger partial charge < -0.3 is 9.47 Å². The molecule has 2 aromatic rings. The van der Waals surface area contributed by atoms with Gasteiger partial charge in [0.05, 0.1) is 12.2 Å². The first-order valence-corrected chi connectivity index (χ1v) is 12.3. The Morgan fingerprint density at radius 2 is 1.58 bits per heavy atom. The van der Waals surface area contributed by atoms with E-state index in [1.54, 1.807) is 0 Å². The molecule has 0 bridgehead atoms. The molecule has 1 saturated carbocycles. The zero-order valence-electron chi connectivity index (χ0n) is 20.2. The molecule has 0 amide bonds. The summed E-state index contributed by atoms with van der Waals surface area (Å²) < 4.78 is 102. The summed E-state index contributed by atoms with van der Waals surface area (Å²) in [5, 5.41) is 0. The van der Waals surface area contributed by atoms with Crippen molar-refractivity contribution in [2.45, 2.75) is 83.1 Å². The second-order valence-electron chi connectivity index (χ2n) is 9.38. The Bertz CT molecular complexity index is 983. The zero-order chi connectivity index (χ0) is 26.3. The Labute approximate surface area is 206 Å². The van der Waals surface area contributed by atoms with E-state index in [4.69, 9.17) is 0 Å². The van der Waals surface area contributed by atoms with Gasteiger partial charge in [0.1, 0.15) is 5.82 Å². The maximum atomic E-state index is 14.7. The quantitative estimate of drug-likeness (QED) is 0.217. The monoisotopic (exact) mass is 520 g/mol. The van der Waals surface area contributed by atoms with Crippen molar-refractivity contribution in [2.24, 2.45) is 5.92 Å². The second kappa shape index (κ2) is 12.3. The van der Waals surface area contributed by atoms with E-state index in [0.717, 1.165) is 56.0 Å². The van der Waals surface area contributed by atoms with E-state index in [1.165, 1.54) is 31.7 Å². The lowest BCUT2D eigenvalue weighted by Crippen LogP contribution is -2.22. The summed E-state index contributed by atoms with van der Waals surface area (Å²) in [7, 11) is 0. The van der Waals surface area contributed by atoms with E-state index in [1.807, 2.05) is 0 Å². The number of unbranched alkanes of at least 4 members (excludes halogenated alkanes) is 2. The molecule has 0 unspecified atom stereocenters. The Kier molecular flexibility index (Phi) is 9.66. The minimum absolute atomic E-state index is 0.124. The third-order valence-corrected chi connectivity index (χ3v) is 6.74. The number of rotatable bonds is 11. The van der Waals surface area contributed by atoms with Crippen molar-refractivity contribution < 1.29 is 40.2 Å². The molecule has 0 N–H and O–H groups in total. The van der Waals surface area contributed by atoms with Crippen LogP contribution in [0.25, 0.3) is 0 Å². The van der Waals surface area contributed by atoms with Crippen LogP contribution in [-0.4, -0.2) is 13.0 Å². The lowest BCUT2D eigenvalue weighted by Gasteiger charge is -2.29. The van der Waals surface area contributed by atoms with Gasteiger partial charge in [-0.1, -0.05) is 44.7 Å². The first kappa shape index (κ1) is 28.3. The molecule has 0 aromatic heterocycles. The lowest BCUT2D eigenvalue weighted by molar-refractivity contribution is -0.275. The van der Waals surface area contributed by atoms with Crippen LogP contribution in [0.2, 0.25) is 0 Å². The van der Waals surface area contributed by atoms with Crippen LogP contribution in [0.5, 0.6) is 5.75 Å². The third-order valence-electron chi connectivity index (χ3n) is 6.74. The SMILES string of the molecule is CCCCCC1CCC(c2ccc(C(F)(F)OCCc3ccc(OC(F)(F)F)c(F)c3)c(F)c2)CC1. The highest BCUT2D eigenvalue weighted by Gasteiger charge is 2.37. The number of alkyl halides is 5. The van der Waals surface area contributed by atoms with Crippen LogP contribution in [0.3, 0.4) is 0 Å². The molecule has 0 radical (unpaired) electrons. The van der Waals surface area contributed by atoms with Crippen LogP contribution >= 0.6 is 0 Å². The van der Waals surface area contributed by atoms with Gasteiger partial charge in [-0.25, -0.2) is 8.78 Å². The van der Waals surface area contributed by atoms with E-state index in [-0.39, 0.29) is 17.9 Å².